The zero-order valence-electron chi connectivity index (χ0n) is 21.1. The predicted molar refractivity (Wildman–Crippen MR) is 140 cm³/mol. The number of rotatable bonds is 8. The Morgan fingerprint density at radius 1 is 1.18 bits per heavy atom. The Morgan fingerprint density at radius 2 is 1.90 bits per heavy atom. The number of nitrogens with one attached hydrogen (secondary N) is 1. The van der Waals surface area contributed by atoms with E-state index < -0.39 is 44.6 Å². The SMILES string of the molecule is COc1cc(F)c(-c2cc(S(=O)(=O)Nc3ccnc(N)c3N)c(N3CCC[C@](N)([C@H](O)C(F)F)C3)cn2)cc1F. The summed E-state index contributed by atoms with van der Waals surface area (Å²) < 4.78 is 90.5. The maximum Gasteiger partial charge on any atom is 0.265 e. The third-order valence-electron chi connectivity index (χ3n) is 6.64. The Hall–Kier alpha value is -3.89. The Labute approximate surface area is 227 Å². The molecule has 2 atom stereocenters. The summed E-state index contributed by atoms with van der Waals surface area (Å²) in [6, 6.07) is 3.84. The van der Waals surface area contributed by atoms with Gasteiger partial charge in [0, 0.05) is 30.9 Å². The summed E-state index contributed by atoms with van der Waals surface area (Å²) in [5.74, 6) is -2.38. The molecule has 1 saturated heterocycles. The molecule has 0 unspecified atom stereocenters. The van der Waals surface area contributed by atoms with Crippen LogP contribution < -0.4 is 31.6 Å². The number of sulfonamides is 1. The number of nitrogens with zero attached hydrogens (tertiary/aromatic N) is 3. The van der Waals surface area contributed by atoms with Crippen LogP contribution in [0, 0.1) is 11.6 Å². The van der Waals surface area contributed by atoms with Crippen LogP contribution in [0.5, 0.6) is 5.75 Å². The van der Waals surface area contributed by atoms with Gasteiger partial charge >= 0.3 is 0 Å². The average molecular weight is 586 g/mol. The van der Waals surface area contributed by atoms with Crippen LogP contribution in [0.4, 0.5) is 40.4 Å². The van der Waals surface area contributed by atoms with Crippen molar-refractivity contribution in [1.29, 1.82) is 0 Å². The first kappa shape index (κ1) is 29.1. The lowest BCUT2D eigenvalue weighted by Gasteiger charge is -2.44. The van der Waals surface area contributed by atoms with E-state index in [4.69, 9.17) is 21.9 Å². The maximum absolute atomic E-state index is 14.9. The van der Waals surface area contributed by atoms with E-state index in [9.17, 15) is 31.1 Å². The van der Waals surface area contributed by atoms with E-state index in [2.05, 4.69) is 14.7 Å². The highest BCUT2D eigenvalue weighted by molar-refractivity contribution is 7.93. The number of hydrogen-bond acceptors (Lipinski definition) is 10. The van der Waals surface area contributed by atoms with Crippen LogP contribution in [-0.4, -0.2) is 61.8 Å². The molecule has 216 valence electrons. The lowest BCUT2D eigenvalue weighted by atomic mass is 9.84. The Bertz CT molecular complexity index is 1530. The number of alkyl halides is 2. The van der Waals surface area contributed by atoms with Crippen molar-refractivity contribution in [2.75, 3.05) is 41.3 Å². The number of anilines is 4. The largest absolute Gasteiger partial charge is 0.494 e. The maximum atomic E-state index is 14.9. The molecule has 40 heavy (non-hydrogen) atoms. The fourth-order valence-electron chi connectivity index (χ4n) is 4.50. The second-order valence-electron chi connectivity index (χ2n) is 9.30. The van der Waals surface area contributed by atoms with Crippen LogP contribution in [0.3, 0.4) is 0 Å². The molecule has 0 amide bonds. The van der Waals surface area contributed by atoms with Crippen LogP contribution in [0.25, 0.3) is 11.3 Å². The first-order valence-electron chi connectivity index (χ1n) is 11.8. The van der Waals surface area contributed by atoms with Gasteiger partial charge in [-0.3, -0.25) is 9.71 Å². The van der Waals surface area contributed by atoms with Gasteiger partial charge in [-0.05, 0) is 31.0 Å². The van der Waals surface area contributed by atoms with E-state index in [0.29, 0.717) is 0 Å². The van der Waals surface area contributed by atoms with E-state index in [1.807, 2.05) is 0 Å². The number of benzene rings is 1. The van der Waals surface area contributed by atoms with Gasteiger partial charge < -0.3 is 31.9 Å². The van der Waals surface area contributed by atoms with Gasteiger partial charge in [0.05, 0.1) is 41.6 Å². The summed E-state index contributed by atoms with van der Waals surface area (Å²) in [5.41, 5.74) is 15.0. The average Bonchev–Trinajstić information content (AvgIpc) is 2.91. The molecule has 1 aromatic carbocycles. The third kappa shape index (κ3) is 5.55. The van der Waals surface area contributed by atoms with E-state index in [0.717, 1.165) is 31.5 Å². The monoisotopic (exact) mass is 585 g/mol. The lowest BCUT2D eigenvalue weighted by Crippen LogP contribution is -2.63. The number of halogens is 4. The Morgan fingerprint density at radius 3 is 2.58 bits per heavy atom. The second-order valence-corrected chi connectivity index (χ2v) is 11.0. The summed E-state index contributed by atoms with van der Waals surface area (Å²) in [6.45, 7) is -0.174. The van der Waals surface area contributed by atoms with Crippen molar-refractivity contribution in [2.45, 2.75) is 35.8 Å². The molecule has 0 saturated carbocycles. The number of piperidine rings is 1. The number of methoxy groups -OCH3 is 1. The van der Waals surface area contributed by atoms with Gasteiger partial charge in [-0.25, -0.2) is 31.0 Å². The molecule has 3 heterocycles. The third-order valence-corrected chi connectivity index (χ3v) is 8.04. The summed E-state index contributed by atoms with van der Waals surface area (Å²) in [6.07, 6.45) is -2.74. The lowest BCUT2D eigenvalue weighted by molar-refractivity contribution is -0.0529. The van der Waals surface area contributed by atoms with Crippen molar-refractivity contribution in [1.82, 2.24) is 9.97 Å². The van der Waals surface area contributed by atoms with Gasteiger partial charge in [0.2, 0.25) is 0 Å². The van der Waals surface area contributed by atoms with Crippen molar-refractivity contribution in [3.8, 4) is 17.0 Å². The highest BCUT2D eigenvalue weighted by atomic mass is 32.2. The molecule has 1 aliphatic heterocycles. The van der Waals surface area contributed by atoms with Crippen molar-refractivity contribution >= 4 is 32.9 Å². The van der Waals surface area contributed by atoms with Gasteiger partial charge in [-0.1, -0.05) is 0 Å². The minimum atomic E-state index is -4.56. The molecule has 0 radical (unpaired) electrons. The summed E-state index contributed by atoms with van der Waals surface area (Å²) in [7, 11) is -3.41. The molecule has 3 aromatic rings. The number of aliphatic hydroxyl groups excluding tert-OH is 1. The fraction of sp³-hybridized carbons (Fsp3) is 0.333. The van der Waals surface area contributed by atoms with E-state index >= 15 is 0 Å². The number of aliphatic hydroxyl groups is 1. The number of hydrogen-bond donors (Lipinski definition) is 5. The van der Waals surface area contributed by atoms with Gasteiger partial charge in [-0.15, -0.1) is 0 Å². The van der Waals surface area contributed by atoms with Crippen LogP contribution in [0.1, 0.15) is 12.8 Å². The molecule has 1 aliphatic rings. The number of aromatic nitrogens is 2. The van der Waals surface area contributed by atoms with E-state index in [1.54, 1.807) is 0 Å². The fourth-order valence-corrected chi connectivity index (χ4v) is 5.80. The van der Waals surface area contributed by atoms with E-state index in [1.165, 1.54) is 17.2 Å². The second kappa shape index (κ2) is 10.9. The first-order valence-corrected chi connectivity index (χ1v) is 13.3. The highest BCUT2D eigenvalue weighted by Gasteiger charge is 2.43. The van der Waals surface area contributed by atoms with Gasteiger partial charge in [-0.2, -0.15) is 0 Å². The Kier molecular flexibility index (Phi) is 7.96. The minimum absolute atomic E-state index is 0.0456. The van der Waals surface area contributed by atoms with Crippen molar-refractivity contribution in [2.24, 2.45) is 5.73 Å². The molecule has 8 N–H and O–H groups in total. The van der Waals surface area contributed by atoms with Crippen molar-refractivity contribution < 1.29 is 35.8 Å². The molecule has 0 spiro atoms. The zero-order valence-corrected chi connectivity index (χ0v) is 21.9. The van der Waals surface area contributed by atoms with Crippen molar-refractivity contribution in [3.05, 3.63) is 48.3 Å². The van der Waals surface area contributed by atoms with Crippen molar-refractivity contribution in [3.63, 3.8) is 0 Å². The van der Waals surface area contributed by atoms with Gasteiger partial charge in [0.15, 0.2) is 11.6 Å². The number of nitrogens with two attached hydrogens (primary N) is 3. The normalized spacial score (nSPS) is 18.6. The van der Waals surface area contributed by atoms with E-state index in [-0.39, 0.29) is 65.8 Å². The molecule has 16 heteroatoms. The predicted octanol–water partition coefficient (Wildman–Crippen LogP) is 2.32. The van der Waals surface area contributed by atoms with Crippen LogP contribution in [0.15, 0.2) is 41.6 Å². The van der Waals surface area contributed by atoms with Crippen LogP contribution in [0.2, 0.25) is 0 Å². The number of nitrogen functional groups attached to an aromatic ring is 2. The Balaban J connectivity index is 1.86. The summed E-state index contributed by atoms with van der Waals surface area (Å²) >= 11 is 0. The molecular weight excluding hydrogens is 558 g/mol. The molecule has 1 fully saturated rings. The topological polar surface area (TPSA) is 183 Å². The molecule has 11 nitrogen and oxygen atoms in total. The molecule has 2 aromatic heterocycles. The summed E-state index contributed by atoms with van der Waals surface area (Å²) in [4.78, 5) is 8.82. The van der Waals surface area contributed by atoms with Gasteiger partial charge in [0.25, 0.3) is 16.4 Å². The first-order chi connectivity index (χ1) is 18.8. The van der Waals surface area contributed by atoms with Gasteiger partial charge in [0.1, 0.15) is 22.6 Å². The van der Waals surface area contributed by atoms with Crippen LogP contribution in [-0.2, 0) is 10.0 Å². The molecule has 4 rings (SSSR count). The highest BCUT2D eigenvalue weighted by Crippen LogP contribution is 2.37. The molecular formula is C24H27F4N7O4S. The minimum Gasteiger partial charge on any atom is -0.494 e. The number of pyridine rings is 2. The van der Waals surface area contributed by atoms with Crippen LogP contribution >= 0.6 is 0 Å². The zero-order chi connectivity index (χ0) is 29.4. The molecule has 0 bridgehead atoms. The smallest absolute Gasteiger partial charge is 0.265 e. The number of ether oxygens (including phenoxy) is 1. The molecule has 0 aliphatic carbocycles. The quantitative estimate of drug-likeness (QED) is 0.246. The summed E-state index contributed by atoms with van der Waals surface area (Å²) in [5, 5.41) is 10.1. The standard InChI is InChI=1S/C24H27F4N7O4S/c1-39-18-8-13(25)12(7-14(18)26)16-9-19(40(37,38)34-15-3-5-32-23(30)20(15)29)17(10-33-16)35-6-2-4-24(31,11-35)21(36)22(27)28/h3,5,7-10,21-22,36H,2,4,6,11,29,31H2,1H3,(H3,30,32,34)/t21-,24-/m1/s1.